The van der Waals surface area contributed by atoms with Crippen molar-refractivity contribution in [1.29, 1.82) is 0 Å². The summed E-state index contributed by atoms with van der Waals surface area (Å²) >= 11 is 0. The Morgan fingerprint density at radius 3 is 1.47 bits per heavy atom. The summed E-state index contributed by atoms with van der Waals surface area (Å²) in [7, 11) is 0. The van der Waals surface area contributed by atoms with Gasteiger partial charge in [0.1, 0.15) is 0 Å². The van der Waals surface area contributed by atoms with Crippen molar-refractivity contribution in [2.75, 3.05) is 16.0 Å². The fourth-order valence-corrected chi connectivity index (χ4v) is 4.58. The van der Waals surface area contributed by atoms with Gasteiger partial charge in [0.2, 0.25) is 0 Å². The molecule has 13 nitrogen and oxygen atoms in total. The van der Waals surface area contributed by atoms with E-state index in [2.05, 4.69) is 16.0 Å². The number of benzene rings is 5. The first-order chi connectivity index (χ1) is 23.5. The number of amides is 3. The van der Waals surface area contributed by atoms with Crippen LogP contribution in [-0.4, -0.2) is 33.4 Å². The molecule has 242 valence electrons. The summed E-state index contributed by atoms with van der Waals surface area (Å²) in [5.74, 6) is -2.21. The number of carbonyl (C=O) groups is 4. The summed E-state index contributed by atoms with van der Waals surface area (Å²) in [4.78, 5) is 72.9. The maximum Gasteiger partial charge on any atom is 0.270 e. The summed E-state index contributed by atoms with van der Waals surface area (Å²) in [5.41, 5.74) is 1.19. The van der Waals surface area contributed by atoms with Crippen molar-refractivity contribution in [3.8, 4) is 0 Å². The van der Waals surface area contributed by atoms with Crippen LogP contribution in [0.15, 0.2) is 127 Å². The van der Waals surface area contributed by atoms with Crippen LogP contribution >= 0.6 is 0 Å². The molecule has 0 unspecified atom stereocenters. The van der Waals surface area contributed by atoms with Crippen LogP contribution in [0.3, 0.4) is 0 Å². The van der Waals surface area contributed by atoms with E-state index in [4.69, 9.17) is 0 Å². The van der Waals surface area contributed by atoms with Crippen LogP contribution in [0.1, 0.15) is 47.0 Å². The highest BCUT2D eigenvalue weighted by Gasteiger charge is 2.17. The van der Waals surface area contributed by atoms with E-state index in [9.17, 15) is 39.4 Å². The van der Waals surface area contributed by atoms with Gasteiger partial charge in [0.15, 0.2) is 5.78 Å². The number of rotatable bonds is 11. The first kappa shape index (κ1) is 33.1. The molecule has 5 rings (SSSR count). The summed E-state index contributed by atoms with van der Waals surface area (Å²) < 4.78 is 0. The SMILES string of the molecule is O=C(/C=C/c1ccc(NC(=O)c2cc(NC(=O)c3cccc([N+](=O)[O-])c3)cc(NC(=O)c3cccc([N+](=O)[O-])c3)c2)cc1)c1ccccc1. The van der Waals surface area contributed by atoms with Crippen molar-refractivity contribution in [3.63, 3.8) is 0 Å². The minimum Gasteiger partial charge on any atom is -0.322 e. The van der Waals surface area contributed by atoms with Gasteiger partial charge in [0.25, 0.3) is 29.1 Å². The predicted octanol–water partition coefficient (Wildman–Crippen LogP) is 7.16. The average molecular weight is 656 g/mol. The second kappa shape index (κ2) is 14.9. The second-order valence-corrected chi connectivity index (χ2v) is 10.5. The fourth-order valence-electron chi connectivity index (χ4n) is 4.58. The maximum atomic E-state index is 13.4. The molecular formula is C36H25N5O8. The Morgan fingerprint density at radius 2 is 0.959 bits per heavy atom. The van der Waals surface area contributed by atoms with E-state index in [-0.39, 0.29) is 45.2 Å². The Kier molecular flexibility index (Phi) is 10.0. The fraction of sp³-hybridized carbons (Fsp3) is 0. The Labute approximate surface area is 278 Å². The first-order valence-corrected chi connectivity index (χ1v) is 14.5. The smallest absolute Gasteiger partial charge is 0.270 e. The molecule has 0 aliphatic rings. The third kappa shape index (κ3) is 8.71. The molecule has 5 aromatic rings. The molecule has 0 radical (unpaired) electrons. The van der Waals surface area contributed by atoms with Crippen molar-refractivity contribution in [2.45, 2.75) is 0 Å². The number of hydrogen-bond acceptors (Lipinski definition) is 8. The van der Waals surface area contributed by atoms with Gasteiger partial charge < -0.3 is 16.0 Å². The number of nitrogens with zero attached hydrogens (tertiary/aromatic N) is 2. The van der Waals surface area contributed by atoms with Gasteiger partial charge in [-0.3, -0.25) is 39.4 Å². The summed E-state index contributed by atoms with van der Waals surface area (Å²) in [5, 5.41) is 30.3. The Morgan fingerprint density at radius 1 is 0.490 bits per heavy atom. The van der Waals surface area contributed by atoms with Crippen molar-refractivity contribution in [1.82, 2.24) is 0 Å². The maximum absolute atomic E-state index is 13.4. The minimum atomic E-state index is -0.716. The lowest BCUT2D eigenvalue weighted by Gasteiger charge is -2.13. The lowest BCUT2D eigenvalue weighted by molar-refractivity contribution is -0.385. The third-order valence-corrected chi connectivity index (χ3v) is 7.00. The summed E-state index contributed by atoms with van der Waals surface area (Å²) in [6.45, 7) is 0. The molecule has 0 saturated heterocycles. The molecule has 0 aliphatic carbocycles. The van der Waals surface area contributed by atoms with Gasteiger partial charge in [-0.25, -0.2) is 0 Å². The van der Waals surface area contributed by atoms with Crippen LogP contribution in [0.2, 0.25) is 0 Å². The van der Waals surface area contributed by atoms with Gasteiger partial charge in [-0.15, -0.1) is 0 Å². The largest absolute Gasteiger partial charge is 0.322 e. The third-order valence-electron chi connectivity index (χ3n) is 7.00. The predicted molar refractivity (Wildman–Crippen MR) is 183 cm³/mol. The number of nitrogens with one attached hydrogen (secondary N) is 3. The van der Waals surface area contributed by atoms with Crippen LogP contribution in [0.5, 0.6) is 0 Å². The number of nitro benzene ring substituents is 2. The van der Waals surface area contributed by atoms with Gasteiger partial charge in [-0.2, -0.15) is 0 Å². The molecule has 0 aromatic heterocycles. The average Bonchev–Trinajstić information content (AvgIpc) is 3.11. The van der Waals surface area contributed by atoms with Crippen LogP contribution in [0.25, 0.3) is 6.08 Å². The second-order valence-electron chi connectivity index (χ2n) is 10.5. The Hall–Kier alpha value is -7.28. The van der Waals surface area contributed by atoms with Crippen molar-refractivity contribution in [2.24, 2.45) is 0 Å². The number of nitro groups is 2. The number of hydrogen-bond donors (Lipinski definition) is 3. The van der Waals surface area contributed by atoms with E-state index in [1.807, 2.05) is 6.07 Å². The van der Waals surface area contributed by atoms with Crippen LogP contribution in [-0.2, 0) is 0 Å². The first-order valence-electron chi connectivity index (χ1n) is 14.5. The molecule has 13 heteroatoms. The van der Waals surface area contributed by atoms with Crippen molar-refractivity contribution >= 4 is 58.0 Å². The molecule has 0 fully saturated rings. The molecule has 0 heterocycles. The molecule has 0 saturated carbocycles. The summed E-state index contributed by atoms with van der Waals surface area (Å²) in [6, 6.07) is 29.6. The zero-order valence-electron chi connectivity index (χ0n) is 25.4. The van der Waals surface area contributed by atoms with E-state index in [1.165, 1.54) is 60.7 Å². The van der Waals surface area contributed by atoms with E-state index >= 15 is 0 Å². The van der Waals surface area contributed by atoms with E-state index in [0.29, 0.717) is 16.8 Å². The number of carbonyl (C=O) groups excluding carboxylic acids is 4. The van der Waals surface area contributed by atoms with Gasteiger partial charge in [-0.05, 0) is 54.1 Å². The number of non-ortho nitro benzene ring substituents is 2. The lowest BCUT2D eigenvalue weighted by Crippen LogP contribution is -2.17. The van der Waals surface area contributed by atoms with E-state index < -0.39 is 27.6 Å². The van der Waals surface area contributed by atoms with Gasteiger partial charge in [0, 0.05) is 63.6 Å². The highest BCUT2D eigenvalue weighted by molar-refractivity contribution is 6.10. The zero-order valence-corrected chi connectivity index (χ0v) is 25.4. The Bertz CT molecular complexity index is 2040. The number of ketones is 1. The topological polar surface area (TPSA) is 191 Å². The van der Waals surface area contributed by atoms with Crippen molar-refractivity contribution in [3.05, 3.63) is 175 Å². The van der Waals surface area contributed by atoms with Gasteiger partial charge in [-0.1, -0.05) is 60.7 Å². The lowest BCUT2D eigenvalue weighted by atomic mass is 10.1. The van der Waals surface area contributed by atoms with Crippen molar-refractivity contribution < 1.29 is 29.0 Å². The molecule has 0 spiro atoms. The molecule has 0 bridgehead atoms. The monoisotopic (exact) mass is 655 g/mol. The standard InChI is InChI=1S/C36H25N5O8/c42-33(24-6-2-1-3-7-24)17-14-23-12-15-28(16-13-23)37-36(45)27-18-29(38-34(43)25-8-4-10-31(20-25)40(46)47)22-30(19-27)39-35(44)26-9-5-11-32(21-26)41(48)49/h1-22H,(H,37,45)(H,38,43)(H,39,44)/b17-14+. The number of anilines is 3. The molecule has 0 aliphatic heterocycles. The summed E-state index contributed by atoms with van der Waals surface area (Å²) in [6.07, 6.45) is 3.09. The highest BCUT2D eigenvalue weighted by atomic mass is 16.6. The molecule has 3 N–H and O–H groups in total. The van der Waals surface area contributed by atoms with Gasteiger partial charge >= 0.3 is 0 Å². The van der Waals surface area contributed by atoms with Crippen LogP contribution in [0, 0.1) is 20.2 Å². The molecule has 3 amide bonds. The number of allylic oxidation sites excluding steroid dienone is 1. The minimum absolute atomic E-state index is 0.0172. The van der Waals surface area contributed by atoms with Gasteiger partial charge in [0.05, 0.1) is 9.85 Å². The van der Waals surface area contributed by atoms with Crippen LogP contribution in [0.4, 0.5) is 28.4 Å². The Balaban J connectivity index is 1.37. The van der Waals surface area contributed by atoms with Crippen LogP contribution < -0.4 is 16.0 Å². The molecular weight excluding hydrogens is 630 g/mol. The highest BCUT2D eigenvalue weighted by Crippen LogP contribution is 2.24. The quantitative estimate of drug-likeness (QED) is 0.0578. The normalized spacial score (nSPS) is 10.6. The zero-order chi connectivity index (χ0) is 34.9. The van der Waals surface area contributed by atoms with E-state index in [0.717, 1.165) is 12.1 Å². The van der Waals surface area contributed by atoms with E-state index in [1.54, 1.807) is 54.6 Å². The molecule has 0 atom stereocenters. The molecule has 49 heavy (non-hydrogen) atoms. The molecule has 5 aromatic carbocycles.